The highest BCUT2D eigenvalue weighted by molar-refractivity contribution is 5.78. The molecule has 2 aromatic rings. The van der Waals surface area contributed by atoms with Crippen molar-refractivity contribution >= 4 is 22.8 Å². The van der Waals surface area contributed by atoms with E-state index < -0.39 is 42.7 Å². The molecule has 0 saturated heterocycles. The molecule has 0 aliphatic heterocycles. The summed E-state index contributed by atoms with van der Waals surface area (Å²) < 4.78 is 62.0. The molecule has 11 heteroatoms. The lowest BCUT2D eigenvalue weighted by atomic mass is 10.2. The molecule has 1 aliphatic rings. The van der Waals surface area contributed by atoms with Crippen LogP contribution in [0.1, 0.15) is 37.1 Å². The minimum absolute atomic E-state index is 0.0509. The number of amides is 2. The summed E-state index contributed by atoms with van der Waals surface area (Å²) in [5, 5.41) is 4.96. The number of carbonyl (C=O) groups excluding carboxylic acids is 2. The Morgan fingerprint density at radius 3 is 2.52 bits per heavy atom. The number of rotatable bonds is 8. The number of aromatic nitrogens is 2. The Hall–Kier alpha value is -2.72. The van der Waals surface area contributed by atoms with Crippen LogP contribution >= 0.6 is 0 Å². The van der Waals surface area contributed by atoms with E-state index in [1.54, 1.807) is 18.2 Å². The van der Waals surface area contributed by atoms with Gasteiger partial charge in [-0.05, 0) is 17.7 Å². The Bertz CT molecular complexity index is 909. The first kappa shape index (κ1) is 21.0. The van der Waals surface area contributed by atoms with E-state index in [2.05, 4.69) is 20.6 Å². The lowest BCUT2D eigenvalue weighted by molar-refractivity contribution is -0.144. The Morgan fingerprint density at radius 1 is 1.17 bits per heavy atom. The smallest absolute Gasteiger partial charge is 0.352 e. The highest BCUT2D eigenvalue weighted by Crippen LogP contribution is 2.50. The van der Waals surface area contributed by atoms with Crippen molar-refractivity contribution in [3.8, 4) is 0 Å². The van der Waals surface area contributed by atoms with E-state index in [1.165, 1.54) is 0 Å². The van der Waals surface area contributed by atoms with Gasteiger partial charge in [-0.1, -0.05) is 6.07 Å². The zero-order valence-electron chi connectivity index (χ0n) is 15.2. The van der Waals surface area contributed by atoms with Gasteiger partial charge in [-0.15, -0.1) is 0 Å². The molecule has 1 aromatic carbocycles. The van der Waals surface area contributed by atoms with Crippen molar-refractivity contribution in [3.63, 3.8) is 0 Å². The van der Waals surface area contributed by atoms with E-state index in [0.717, 1.165) is 0 Å². The van der Waals surface area contributed by atoms with E-state index in [1.807, 2.05) is 0 Å². The van der Waals surface area contributed by atoms with E-state index in [9.17, 15) is 31.5 Å². The normalized spacial score (nSPS) is 17.9. The summed E-state index contributed by atoms with van der Waals surface area (Å²) in [5.41, 5.74) is 1.87. The fourth-order valence-corrected chi connectivity index (χ4v) is 2.82. The Kier molecular flexibility index (Phi) is 5.76. The van der Waals surface area contributed by atoms with Crippen LogP contribution in [0.4, 0.5) is 22.0 Å². The van der Waals surface area contributed by atoms with Crippen LogP contribution in [0, 0.1) is 5.92 Å². The van der Waals surface area contributed by atoms with E-state index >= 15 is 0 Å². The van der Waals surface area contributed by atoms with Gasteiger partial charge in [0.2, 0.25) is 11.8 Å². The number of nitrogens with one attached hydrogen (secondary N) is 3. The average molecular weight is 418 g/mol. The summed E-state index contributed by atoms with van der Waals surface area (Å²) in [6, 6.07) is 5.02. The second-order valence-corrected chi connectivity index (χ2v) is 7.07. The van der Waals surface area contributed by atoms with Crippen molar-refractivity contribution in [2.75, 3.05) is 0 Å². The molecule has 158 valence electrons. The number of benzene rings is 1. The molecule has 29 heavy (non-hydrogen) atoms. The third-order valence-electron chi connectivity index (χ3n) is 4.56. The molecule has 0 bridgehead atoms. The number of carbonyl (C=O) groups is 2. The number of H-pyrrole nitrogens is 1. The molecule has 1 unspecified atom stereocenters. The number of nitrogens with zero attached hydrogens (tertiary/aromatic N) is 1. The lowest BCUT2D eigenvalue weighted by Crippen LogP contribution is -2.24. The average Bonchev–Trinajstić information content (AvgIpc) is 3.03. The summed E-state index contributed by atoms with van der Waals surface area (Å²) >= 11 is 0. The molecule has 3 rings (SSSR count). The summed E-state index contributed by atoms with van der Waals surface area (Å²) in [7, 11) is 0. The maximum Gasteiger partial charge on any atom is 0.389 e. The molecule has 3 N–H and O–H groups in total. The van der Waals surface area contributed by atoms with Gasteiger partial charge in [0.05, 0.1) is 24.0 Å². The molecule has 2 amide bonds. The molecule has 1 heterocycles. The number of alkyl halides is 5. The molecular weight excluding hydrogens is 399 g/mol. The van der Waals surface area contributed by atoms with Crippen molar-refractivity contribution in [2.24, 2.45) is 5.92 Å². The van der Waals surface area contributed by atoms with Crippen molar-refractivity contribution in [1.82, 2.24) is 20.6 Å². The first-order chi connectivity index (χ1) is 13.5. The van der Waals surface area contributed by atoms with Crippen molar-refractivity contribution in [2.45, 2.75) is 50.9 Å². The van der Waals surface area contributed by atoms with E-state index in [4.69, 9.17) is 0 Å². The molecular formula is C18H19F5N4O2. The van der Waals surface area contributed by atoms with Crippen LogP contribution in [-0.4, -0.2) is 33.9 Å². The Labute approximate surface area is 162 Å². The minimum Gasteiger partial charge on any atom is -0.352 e. The molecule has 1 atom stereocenters. The van der Waals surface area contributed by atoms with Gasteiger partial charge in [-0.25, -0.2) is 13.8 Å². The predicted molar refractivity (Wildman–Crippen MR) is 92.7 cm³/mol. The van der Waals surface area contributed by atoms with Crippen molar-refractivity contribution < 1.29 is 31.5 Å². The summed E-state index contributed by atoms with van der Waals surface area (Å²) in [5.74, 6) is -4.38. The third kappa shape index (κ3) is 6.13. The monoisotopic (exact) mass is 418 g/mol. The van der Waals surface area contributed by atoms with Crippen molar-refractivity contribution in [3.05, 3.63) is 29.6 Å². The van der Waals surface area contributed by atoms with Crippen LogP contribution < -0.4 is 10.6 Å². The van der Waals surface area contributed by atoms with Gasteiger partial charge in [-0.3, -0.25) is 9.59 Å². The number of imidazole rings is 1. The second-order valence-electron chi connectivity index (χ2n) is 7.07. The van der Waals surface area contributed by atoms with Crippen LogP contribution in [0.3, 0.4) is 0 Å². The molecule has 0 spiro atoms. The lowest BCUT2D eigenvalue weighted by Gasteiger charge is -2.07. The summed E-state index contributed by atoms with van der Waals surface area (Å²) in [6.45, 7) is 0.114. The number of fused-ring (bicyclic) bond motifs is 1. The third-order valence-corrected chi connectivity index (χ3v) is 4.56. The second kappa shape index (κ2) is 7.96. The highest BCUT2D eigenvalue weighted by Gasteiger charge is 2.57. The Morgan fingerprint density at radius 2 is 1.86 bits per heavy atom. The summed E-state index contributed by atoms with van der Waals surface area (Å²) in [4.78, 5) is 30.4. The van der Waals surface area contributed by atoms with E-state index in [-0.39, 0.29) is 25.9 Å². The molecule has 1 fully saturated rings. The molecule has 1 aliphatic carbocycles. The molecule has 1 saturated carbocycles. The standard InChI is InChI=1S/C18H19F5N4O2/c19-17(20)7-11(17)6-16(29)25-9-14-26-12-2-1-10(5-13(12)27-14)8-24-15(28)3-4-18(21,22)23/h1-2,5,11H,3-4,6-9H2,(H,24,28)(H,25,29)(H,26,27). The molecule has 6 nitrogen and oxygen atoms in total. The quantitative estimate of drug-likeness (QED) is 0.576. The first-order valence-electron chi connectivity index (χ1n) is 8.97. The fraction of sp³-hybridized carbons (Fsp3) is 0.500. The number of hydrogen-bond acceptors (Lipinski definition) is 3. The first-order valence-corrected chi connectivity index (χ1v) is 8.97. The largest absolute Gasteiger partial charge is 0.389 e. The zero-order chi connectivity index (χ0) is 21.2. The van der Waals surface area contributed by atoms with Crippen LogP contribution in [0.25, 0.3) is 11.0 Å². The number of hydrogen-bond donors (Lipinski definition) is 3. The van der Waals surface area contributed by atoms with Crippen LogP contribution in [0.2, 0.25) is 0 Å². The van der Waals surface area contributed by atoms with Gasteiger partial charge >= 0.3 is 6.18 Å². The minimum atomic E-state index is -4.38. The van der Waals surface area contributed by atoms with Crippen LogP contribution in [-0.2, 0) is 22.7 Å². The van der Waals surface area contributed by atoms with Gasteiger partial charge in [-0.2, -0.15) is 13.2 Å². The zero-order valence-corrected chi connectivity index (χ0v) is 15.2. The van der Waals surface area contributed by atoms with Crippen molar-refractivity contribution in [1.29, 1.82) is 0 Å². The highest BCUT2D eigenvalue weighted by atomic mass is 19.4. The number of aromatic amines is 1. The van der Waals surface area contributed by atoms with Gasteiger partial charge in [0.25, 0.3) is 5.92 Å². The SMILES string of the molecule is O=C(CCC(F)(F)F)NCc1ccc2nc(CNC(=O)CC3CC3(F)F)[nH]c2c1. The predicted octanol–water partition coefficient (Wildman–Crippen LogP) is 3.18. The van der Waals surface area contributed by atoms with Crippen LogP contribution in [0.5, 0.6) is 0 Å². The Balaban J connectivity index is 1.49. The van der Waals surface area contributed by atoms with E-state index in [0.29, 0.717) is 22.4 Å². The molecule has 0 radical (unpaired) electrons. The maximum atomic E-state index is 12.8. The van der Waals surface area contributed by atoms with Gasteiger partial charge < -0.3 is 15.6 Å². The summed E-state index contributed by atoms with van der Waals surface area (Å²) in [6.07, 6.45) is -6.68. The topological polar surface area (TPSA) is 86.9 Å². The van der Waals surface area contributed by atoms with Crippen LogP contribution in [0.15, 0.2) is 18.2 Å². The van der Waals surface area contributed by atoms with Gasteiger partial charge in [0, 0.05) is 31.7 Å². The number of halogens is 5. The van der Waals surface area contributed by atoms with Gasteiger partial charge in [0.1, 0.15) is 5.82 Å². The maximum absolute atomic E-state index is 12.8. The molecule has 1 aromatic heterocycles. The van der Waals surface area contributed by atoms with Gasteiger partial charge in [0.15, 0.2) is 0 Å². The fourth-order valence-electron chi connectivity index (χ4n) is 2.82.